The van der Waals surface area contributed by atoms with E-state index in [0.29, 0.717) is 6.54 Å². The van der Waals surface area contributed by atoms with E-state index in [9.17, 15) is 4.79 Å². The monoisotopic (exact) mass is 336 g/mol. The lowest BCUT2D eigenvalue weighted by molar-refractivity contribution is -0.123. The molecule has 0 saturated heterocycles. The highest BCUT2D eigenvalue weighted by atomic mass is 127. The molecule has 0 radical (unpaired) electrons. The van der Waals surface area contributed by atoms with Crippen LogP contribution in [0.25, 0.3) is 0 Å². The first kappa shape index (κ1) is 13.5. The summed E-state index contributed by atoms with van der Waals surface area (Å²) in [5.41, 5.74) is 0. The van der Waals surface area contributed by atoms with E-state index >= 15 is 0 Å². The first-order valence-corrected chi connectivity index (χ1v) is 6.35. The smallest absolute Gasteiger partial charge is 0.237 e. The minimum absolute atomic E-state index is 0.0104. The molecule has 0 aliphatic rings. The molecule has 0 bridgehead atoms. The second-order valence-electron chi connectivity index (χ2n) is 3.97. The number of furan rings is 1. The molecule has 5 heteroatoms. The molecular weight excluding hydrogens is 319 g/mol. The third-order valence-electron chi connectivity index (χ3n) is 2.04. The SMILES string of the molecule is CC(C)NC(=O)C(C)NCc1ccc(I)o1. The third kappa shape index (κ3) is 4.52. The van der Waals surface area contributed by atoms with Crippen LogP contribution in [0.2, 0.25) is 0 Å². The van der Waals surface area contributed by atoms with Gasteiger partial charge in [-0.2, -0.15) is 0 Å². The van der Waals surface area contributed by atoms with Crippen molar-refractivity contribution in [3.05, 3.63) is 21.7 Å². The average molecular weight is 336 g/mol. The molecule has 0 fully saturated rings. The van der Waals surface area contributed by atoms with Gasteiger partial charge >= 0.3 is 0 Å². The Morgan fingerprint density at radius 3 is 2.62 bits per heavy atom. The van der Waals surface area contributed by atoms with Crippen molar-refractivity contribution in [2.75, 3.05) is 0 Å². The first-order valence-electron chi connectivity index (χ1n) is 5.27. The molecule has 4 nitrogen and oxygen atoms in total. The highest BCUT2D eigenvalue weighted by molar-refractivity contribution is 14.1. The minimum atomic E-state index is -0.217. The number of halogens is 1. The Labute approximate surface area is 109 Å². The van der Waals surface area contributed by atoms with E-state index in [1.165, 1.54) is 0 Å². The van der Waals surface area contributed by atoms with Crippen molar-refractivity contribution in [1.82, 2.24) is 10.6 Å². The van der Waals surface area contributed by atoms with Crippen LogP contribution in [0.5, 0.6) is 0 Å². The van der Waals surface area contributed by atoms with Gasteiger partial charge in [0, 0.05) is 6.04 Å². The van der Waals surface area contributed by atoms with Crippen LogP contribution in [0.1, 0.15) is 26.5 Å². The van der Waals surface area contributed by atoms with Gasteiger partial charge in [-0.15, -0.1) is 0 Å². The molecule has 1 aromatic rings. The Morgan fingerprint density at radius 1 is 1.44 bits per heavy atom. The highest BCUT2D eigenvalue weighted by Gasteiger charge is 2.13. The summed E-state index contributed by atoms with van der Waals surface area (Å²) in [5, 5.41) is 5.96. The molecule has 0 aliphatic heterocycles. The summed E-state index contributed by atoms with van der Waals surface area (Å²) in [4.78, 5) is 11.6. The maximum atomic E-state index is 11.6. The molecule has 1 atom stereocenters. The van der Waals surface area contributed by atoms with Gasteiger partial charge in [0.15, 0.2) is 3.77 Å². The molecule has 2 N–H and O–H groups in total. The van der Waals surface area contributed by atoms with Gasteiger partial charge in [-0.05, 0) is 55.5 Å². The second-order valence-corrected chi connectivity index (χ2v) is 5.03. The van der Waals surface area contributed by atoms with Gasteiger partial charge in [0.2, 0.25) is 5.91 Å². The summed E-state index contributed by atoms with van der Waals surface area (Å²) in [6, 6.07) is 3.75. The number of nitrogens with one attached hydrogen (secondary N) is 2. The molecule has 16 heavy (non-hydrogen) atoms. The standard InChI is InChI=1S/C11H17IN2O2/c1-7(2)14-11(15)8(3)13-6-9-4-5-10(12)16-9/h4-5,7-8,13H,6H2,1-3H3,(H,14,15). The fourth-order valence-electron chi connectivity index (χ4n) is 1.20. The average Bonchev–Trinajstić information content (AvgIpc) is 2.59. The summed E-state index contributed by atoms with van der Waals surface area (Å²) in [7, 11) is 0. The van der Waals surface area contributed by atoms with Crippen molar-refractivity contribution in [2.24, 2.45) is 0 Å². The summed E-state index contributed by atoms with van der Waals surface area (Å²) in [6.45, 7) is 6.29. The molecule has 1 heterocycles. The molecule has 0 aromatic carbocycles. The quantitative estimate of drug-likeness (QED) is 0.808. The molecule has 0 spiro atoms. The Kier molecular flexibility index (Phi) is 5.27. The second kappa shape index (κ2) is 6.24. The third-order valence-corrected chi connectivity index (χ3v) is 2.62. The molecular formula is C11H17IN2O2. The van der Waals surface area contributed by atoms with Gasteiger partial charge in [-0.25, -0.2) is 0 Å². The van der Waals surface area contributed by atoms with E-state index in [1.54, 1.807) is 0 Å². The largest absolute Gasteiger partial charge is 0.454 e. The molecule has 1 unspecified atom stereocenters. The van der Waals surface area contributed by atoms with E-state index in [-0.39, 0.29) is 18.0 Å². The molecule has 90 valence electrons. The summed E-state index contributed by atoms with van der Waals surface area (Å²) in [5.74, 6) is 0.852. The fraction of sp³-hybridized carbons (Fsp3) is 0.545. The maximum Gasteiger partial charge on any atom is 0.237 e. The van der Waals surface area contributed by atoms with Crippen LogP contribution in [0.4, 0.5) is 0 Å². The highest BCUT2D eigenvalue weighted by Crippen LogP contribution is 2.09. The van der Waals surface area contributed by atoms with Gasteiger partial charge in [-0.3, -0.25) is 10.1 Å². The zero-order valence-electron chi connectivity index (χ0n) is 9.71. The maximum absolute atomic E-state index is 11.6. The summed E-state index contributed by atoms with van der Waals surface area (Å²) in [6.07, 6.45) is 0. The Balaban J connectivity index is 2.34. The molecule has 1 rings (SSSR count). The van der Waals surface area contributed by atoms with Crippen molar-refractivity contribution in [3.63, 3.8) is 0 Å². The number of carbonyl (C=O) groups excluding carboxylic acids is 1. The van der Waals surface area contributed by atoms with Crippen molar-refractivity contribution >= 4 is 28.5 Å². The topological polar surface area (TPSA) is 54.3 Å². The van der Waals surface area contributed by atoms with Crippen LogP contribution >= 0.6 is 22.6 Å². The van der Waals surface area contributed by atoms with Gasteiger partial charge in [0.05, 0.1) is 12.6 Å². The predicted octanol–water partition coefficient (Wildman–Crippen LogP) is 1.89. The van der Waals surface area contributed by atoms with Crippen LogP contribution in [0, 0.1) is 3.77 Å². The lowest BCUT2D eigenvalue weighted by Gasteiger charge is -2.15. The van der Waals surface area contributed by atoms with E-state index in [0.717, 1.165) is 9.53 Å². The van der Waals surface area contributed by atoms with Crippen LogP contribution in [0.3, 0.4) is 0 Å². The minimum Gasteiger partial charge on any atom is -0.454 e. The lowest BCUT2D eigenvalue weighted by atomic mass is 10.2. The van der Waals surface area contributed by atoms with Gasteiger partial charge in [-0.1, -0.05) is 0 Å². The van der Waals surface area contributed by atoms with E-state index in [2.05, 4.69) is 33.2 Å². The number of rotatable bonds is 5. The Bertz CT molecular complexity index is 350. The Morgan fingerprint density at radius 2 is 2.12 bits per heavy atom. The van der Waals surface area contributed by atoms with Crippen LogP contribution in [-0.2, 0) is 11.3 Å². The van der Waals surface area contributed by atoms with Crippen LogP contribution < -0.4 is 10.6 Å². The normalized spacial score (nSPS) is 12.8. The van der Waals surface area contributed by atoms with Gasteiger partial charge in [0.25, 0.3) is 0 Å². The van der Waals surface area contributed by atoms with Gasteiger partial charge < -0.3 is 9.73 Å². The summed E-state index contributed by atoms with van der Waals surface area (Å²) < 4.78 is 6.24. The van der Waals surface area contributed by atoms with E-state index in [4.69, 9.17) is 4.42 Å². The molecule has 1 aromatic heterocycles. The lowest BCUT2D eigenvalue weighted by Crippen LogP contribution is -2.44. The Hall–Kier alpha value is -0.560. The number of carbonyl (C=O) groups is 1. The molecule has 0 aliphatic carbocycles. The molecule has 0 saturated carbocycles. The van der Waals surface area contributed by atoms with Crippen molar-refractivity contribution in [1.29, 1.82) is 0 Å². The van der Waals surface area contributed by atoms with Crippen molar-refractivity contribution in [2.45, 2.75) is 39.4 Å². The summed E-state index contributed by atoms with van der Waals surface area (Å²) >= 11 is 2.11. The van der Waals surface area contributed by atoms with Crippen LogP contribution in [0.15, 0.2) is 16.5 Å². The zero-order chi connectivity index (χ0) is 12.1. The fourth-order valence-corrected chi connectivity index (χ4v) is 1.67. The van der Waals surface area contributed by atoms with Crippen LogP contribution in [-0.4, -0.2) is 18.0 Å². The predicted molar refractivity (Wildman–Crippen MR) is 71.0 cm³/mol. The van der Waals surface area contributed by atoms with Gasteiger partial charge in [0.1, 0.15) is 5.76 Å². The number of hydrogen-bond acceptors (Lipinski definition) is 3. The number of amides is 1. The van der Waals surface area contributed by atoms with Crippen molar-refractivity contribution < 1.29 is 9.21 Å². The zero-order valence-corrected chi connectivity index (χ0v) is 11.9. The van der Waals surface area contributed by atoms with Crippen molar-refractivity contribution in [3.8, 4) is 0 Å². The van der Waals surface area contributed by atoms with E-state index < -0.39 is 0 Å². The molecule has 1 amide bonds. The van der Waals surface area contributed by atoms with E-state index in [1.807, 2.05) is 32.9 Å². The first-order chi connectivity index (χ1) is 7.49. The number of hydrogen-bond donors (Lipinski definition) is 2.